The van der Waals surface area contributed by atoms with Crippen molar-refractivity contribution in [3.8, 4) is 0 Å². The Labute approximate surface area is 80.8 Å². The molecular weight excluding hydrogens is 162 g/mol. The van der Waals surface area contributed by atoms with Crippen LogP contribution in [-0.2, 0) is 4.74 Å². The summed E-state index contributed by atoms with van der Waals surface area (Å²) in [6.45, 7) is 2.81. The fourth-order valence-electron chi connectivity index (χ4n) is 3.05. The number of hydrogen-bond donors (Lipinski definition) is 1. The van der Waals surface area contributed by atoms with E-state index in [1.807, 2.05) is 0 Å². The van der Waals surface area contributed by atoms with Crippen LogP contribution in [0.25, 0.3) is 0 Å². The molecule has 1 saturated heterocycles. The number of hydrogen-bond acceptors (Lipinski definition) is 2. The number of rotatable bonds is 3. The van der Waals surface area contributed by atoms with E-state index in [9.17, 15) is 0 Å². The molecule has 0 bridgehead atoms. The molecule has 2 heteroatoms. The van der Waals surface area contributed by atoms with Gasteiger partial charge in [-0.3, -0.25) is 0 Å². The van der Waals surface area contributed by atoms with Crippen molar-refractivity contribution in [3.63, 3.8) is 0 Å². The molecule has 0 aromatic heterocycles. The van der Waals surface area contributed by atoms with Crippen LogP contribution in [0.1, 0.15) is 32.1 Å². The molecular formula is C11H21NO. The second kappa shape index (κ2) is 4.43. The van der Waals surface area contributed by atoms with E-state index >= 15 is 0 Å². The average molecular weight is 183 g/mol. The van der Waals surface area contributed by atoms with Gasteiger partial charge in [0.2, 0.25) is 0 Å². The van der Waals surface area contributed by atoms with Crippen LogP contribution < -0.4 is 5.73 Å². The summed E-state index contributed by atoms with van der Waals surface area (Å²) in [5.41, 5.74) is 5.88. The molecule has 2 nitrogen and oxygen atoms in total. The summed E-state index contributed by atoms with van der Waals surface area (Å²) < 4.78 is 5.44. The van der Waals surface area contributed by atoms with E-state index in [-0.39, 0.29) is 0 Å². The zero-order valence-electron chi connectivity index (χ0n) is 8.37. The van der Waals surface area contributed by atoms with Crippen molar-refractivity contribution in [3.05, 3.63) is 0 Å². The van der Waals surface area contributed by atoms with Gasteiger partial charge in [0.25, 0.3) is 0 Å². The lowest BCUT2D eigenvalue weighted by Crippen LogP contribution is -2.29. The van der Waals surface area contributed by atoms with E-state index in [1.54, 1.807) is 0 Å². The molecule has 2 unspecified atom stereocenters. The van der Waals surface area contributed by atoms with Crippen LogP contribution in [-0.4, -0.2) is 19.8 Å². The molecule has 76 valence electrons. The molecule has 0 amide bonds. The fourth-order valence-corrected chi connectivity index (χ4v) is 3.05. The van der Waals surface area contributed by atoms with Gasteiger partial charge in [-0.25, -0.2) is 0 Å². The molecule has 2 rings (SSSR count). The lowest BCUT2D eigenvalue weighted by molar-refractivity contribution is 0.156. The van der Waals surface area contributed by atoms with Gasteiger partial charge in [0.1, 0.15) is 0 Å². The van der Waals surface area contributed by atoms with Crippen LogP contribution in [0.5, 0.6) is 0 Å². The highest BCUT2D eigenvalue weighted by Gasteiger charge is 2.32. The first-order chi connectivity index (χ1) is 6.42. The minimum Gasteiger partial charge on any atom is -0.381 e. The van der Waals surface area contributed by atoms with Gasteiger partial charge in [0.15, 0.2) is 0 Å². The largest absolute Gasteiger partial charge is 0.381 e. The zero-order chi connectivity index (χ0) is 9.10. The molecule has 2 aliphatic rings. The van der Waals surface area contributed by atoms with Crippen LogP contribution in [0.15, 0.2) is 0 Å². The standard InChI is InChI=1S/C11H21NO/c12-7-11(9-3-1-2-4-9)10-5-6-13-8-10/h9-11H,1-8,12H2. The molecule has 0 spiro atoms. The Balaban J connectivity index is 1.90. The Hall–Kier alpha value is -0.0800. The SMILES string of the molecule is NCC(C1CCCC1)C1CCOC1. The van der Waals surface area contributed by atoms with Gasteiger partial charge in [-0.2, -0.15) is 0 Å². The van der Waals surface area contributed by atoms with Crippen LogP contribution in [0.4, 0.5) is 0 Å². The molecule has 1 heterocycles. The maximum Gasteiger partial charge on any atom is 0.0498 e. The minimum atomic E-state index is 0.755. The van der Waals surface area contributed by atoms with E-state index in [4.69, 9.17) is 10.5 Å². The Morgan fingerprint density at radius 1 is 1.15 bits per heavy atom. The molecule has 0 radical (unpaired) electrons. The van der Waals surface area contributed by atoms with Gasteiger partial charge in [0, 0.05) is 13.2 Å². The van der Waals surface area contributed by atoms with Gasteiger partial charge in [-0.15, -0.1) is 0 Å². The smallest absolute Gasteiger partial charge is 0.0498 e. The van der Waals surface area contributed by atoms with Gasteiger partial charge >= 0.3 is 0 Å². The highest BCUT2D eigenvalue weighted by Crippen LogP contribution is 2.37. The summed E-state index contributed by atoms with van der Waals surface area (Å²) in [6.07, 6.45) is 6.93. The number of nitrogens with two attached hydrogens (primary N) is 1. The molecule has 1 aliphatic heterocycles. The molecule has 2 atom stereocenters. The highest BCUT2D eigenvalue weighted by atomic mass is 16.5. The van der Waals surface area contributed by atoms with Crippen molar-refractivity contribution in [2.24, 2.45) is 23.5 Å². The first-order valence-electron chi connectivity index (χ1n) is 5.69. The highest BCUT2D eigenvalue weighted by molar-refractivity contribution is 4.83. The molecule has 2 N–H and O–H groups in total. The van der Waals surface area contributed by atoms with E-state index < -0.39 is 0 Å². The van der Waals surface area contributed by atoms with Gasteiger partial charge < -0.3 is 10.5 Å². The first-order valence-corrected chi connectivity index (χ1v) is 5.69. The van der Waals surface area contributed by atoms with Crippen molar-refractivity contribution in [2.45, 2.75) is 32.1 Å². The minimum absolute atomic E-state index is 0.755. The fraction of sp³-hybridized carbons (Fsp3) is 1.00. The monoisotopic (exact) mass is 183 g/mol. The molecule has 1 saturated carbocycles. The van der Waals surface area contributed by atoms with E-state index in [0.717, 1.165) is 37.5 Å². The van der Waals surface area contributed by atoms with Crippen molar-refractivity contribution in [1.29, 1.82) is 0 Å². The van der Waals surface area contributed by atoms with E-state index in [2.05, 4.69) is 0 Å². The third-order valence-electron chi connectivity index (χ3n) is 3.85. The Morgan fingerprint density at radius 2 is 1.92 bits per heavy atom. The molecule has 0 aromatic rings. The van der Waals surface area contributed by atoms with Gasteiger partial charge in [-0.05, 0) is 30.7 Å². The quantitative estimate of drug-likeness (QED) is 0.724. The van der Waals surface area contributed by atoms with Crippen molar-refractivity contribution in [2.75, 3.05) is 19.8 Å². The maximum atomic E-state index is 5.88. The van der Waals surface area contributed by atoms with Crippen molar-refractivity contribution in [1.82, 2.24) is 0 Å². The second-order valence-electron chi connectivity index (χ2n) is 4.57. The van der Waals surface area contributed by atoms with E-state index in [1.165, 1.54) is 32.1 Å². The van der Waals surface area contributed by atoms with Gasteiger partial charge in [-0.1, -0.05) is 25.7 Å². The van der Waals surface area contributed by atoms with Crippen LogP contribution in [0.2, 0.25) is 0 Å². The summed E-state index contributed by atoms with van der Waals surface area (Å²) in [5.74, 6) is 2.44. The van der Waals surface area contributed by atoms with E-state index in [0.29, 0.717) is 0 Å². The molecule has 2 fully saturated rings. The zero-order valence-corrected chi connectivity index (χ0v) is 8.37. The summed E-state index contributed by atoms with van der Waals surface area (Å²) >= 11 is 0. The first kappa shape index (κ1) is 9.47. The van der Waals surface area contributed by atoms with Crippen molar-refractivity contribution >= 4 is 0 Å². The third kappa shape index (κ3) is 2.05. The maximum absolute atomic E-state index is 5.88. The average Bonchev–Trinajstić information content (AvgIpc) is 2.76. The van der Waals surface area contributed by atoms with Crippen LogP contribution >= 0.6 is 0 Å². The summed E-state index contributed by atoms with van der Waals surface area (Å²) in [4.78, 5) is 0. The summed E-state index contributed by atoms with van der Waals surface area (Å²) in [5, 5.41) is 0. The molecule has 13 heavy (non-hydrogen) atoms. The predicted molar refractivity (Wildman–Crippen MR) is 53.4 cm³/mol. The summed E-state index contributed by atoms with van der Waals surface area (Å²) in [7, 11) is 0. The lowest BCUT2D eigenvalue weighted by atomic mass is 9.80. The van der Waals surface area contributed by atoms with Crippen LogP contribution in [0.3, 0.4) is 0 Å². The Kier molecular flexibility index (Phi) is 3.23. The Bertz CT molecular complexity index is 132. The normalized spacial score (nSPS) is 32.5. The van der Waals surface area contributed by atoms with Gasteiger partial charge in [0.05, 0.1) is 0 Å². The summed E-state index contributed by atoms with van der Waals surface area (Å²) in [6, 6.07) is 0. The van der Waals surface area contributed by atoms with Crippen LogP contribution in [0, 0.1) is 17.8 Å². The number of ether oxygens (including phenoxy) is 1. The predicted octanol–water partition coefficient (Wildman–Crippen LogP) is 1.79. The molecule has 1 aliphatic carbocycles. The second-order valence-corrected chi connectivity index (χ2v) is 4.57. The lowest BCUT2D eigenvalue weighted by Gasteiger charge is -2.26. The third-order valence-corrected chi connectivity index (χ3v) is 3.85. The van der Waals surface area contributed by atoms with Crippen molar-refractivity contribution < 1.29 is 4.74 Å². The Morgan fingerprint density at radius 3 is 2.46 bits per heavy atom. The molecule has 0 aromatic carbocycles. The topological polar surface area (TPSA) is 35.2 Å².